The smallest absolute Gasteiger partial charge is 0.314 e. The molecule has 0 fully saturated rings. The van der Waals surface area contributed by atoms with E-state index < -0.39 is 0 Å². The molecule has 0 bridgehead atoms. The van der Waals surface area contributed by atoms with Gasteiger partial charge in [-0.1, -0.05) is 30.3 Å². The Bertz CT molecular complexity index is 480. The normalized spacial score (nSPS) is 10.1. The van der Waals surface area contributed by atoms with Crippen LogP contribution in [0.25, 0.3) is 0 Å². The van der Waals surface area contributed by atoms with Gasteiger partial charge in [0.25, 0.3) is 0 Å². The molecule has 0 unspecified atom stereocenters. The van der Waals surface area contributed by atoms with Crippen molar-refractivity contribution in [1.82, 2.24) is 10.6 Å². The molecule has 19 heavy (non-hydrogen) atoms. The Balaban J connectivity index is 1.57. The van der Waals surface area contributed by atoms with Crippen LogP contribution in [0.2, 0.25) is 0 Å². The van der Waals surface area contributed by atoms with Crippen molar-refractivity contribution in [2.75, 3.05) is 13.1 Å². The zero-order valence-corrected chi connectivity index (χ0v) is 10.8. The van der Waals surface area contributed by atoms with Crippen molar-refractivity contribution < 1.29 is 9.21 Å². The van der Waals surface area contributed by atoms with Gasteiger partial charge >= 0.3 is 6.03 Å². The molecular formula is C15H18N2O2. The predicted molar refractivity (Wildman–Crippen MR) is 74.0 cm³/mol. The molecule has 0 saturated carbocycles. The maximum absolute atomic E-state index is 11.5. The second-order valence-corrected chi connectivity index (χ2v) is 4.30. The number of carbonyl (C=O) groups excluding carboxylic acids is 1. The van der Waals surface area contributed by atoms with Crippen LogP contribution in [0.3, 0.4) is 0 Å². The van der Waals surface area contributed by atoms with Crippen LogP contribution in [0.15, 0.2) is 53.3 Å². The first-order valence-electron chi connectivity index (χ1n) is 6.41. The van der Waals surface area contributed by atoms with Crippen molar-refractivity contribution in [2.45, 2.75) is 12.8 Å². The number of furan rings is 1. The molecule has 1 aromatic heterocycles. The van der Waals surface area contributed by atoms with Gasteiger partial charge in [-0.15, -0.1) is 0 Å². The molecule has 0 aliphatic heterocycles. The largest absolute Gasteiger partial charge is 0.472 e. The van der Waals surface area contributed by atoms with Crippen molar-refractivity contribution in [1.29, 1.82) is 0 Å². The first-order chi connectivity index (χ1) is 9.34. The summed E-state index contributed by atoms with van der Waals surface area (Å²) < 4.78 is 4.96. The highest BCUT2D eigenvalue weighted by Crippen LogP contribution is 1.99. The van der Waals surface area contributed by atoms with Crippen molar-refractivity contribution in [3.8, 4) is 0 Å². The standard InChI is InChI=1S/C15H18N2O2/c18-15(17-10-7-14-8-11-19-12-14)16-9-6-13-4-2-1-3-5-13/h1-5,8,11-12H,6-7,9-10H2,(H2,16,17,18). The van der Waals surface area contributed by atoms with Crippen LogP contribution in [-0.4, -0.2) is 19.1 Å². The summed E-state index contributed by atoms with van der Waals surface area (Å²) in [6.07, 6.45) is 4.95. The van der Waals surface area contributed by atoms with Gasteiger partial charge in [0.05, 0.1) is 12.5 Å². The first kappa shape index (κ1) is 13.2. The molecule has 0 aliphatic carbocycles. The van der Waals surface area contributed by atoms with Crippen LogP contribution < -0.4 is 10.6 Å². The summed E-state index contributed by atoms with van der Waals surface area (Å²) in [4.78, 5) is 11.5. The Kier molecular flexibility index (Phi) is 5.05. The topological polar surface area (TPSA) is 54.3 Å². The van der Waals surface area contributed by atoms with Crippen molar-refractivity contribution in [3.05, 3.63) is 60.1 Å². The third-order valence-corrected chi connectivity index (χ3v) is 2.82. The van der Waals surface area contributed by atoms with E-state index in [2.05, 4.69) is 22.8 Å². The molecule has 0 aliphatic rings. The third kappa shape index (κ3) is 4.87. The molecule has 2 rings (SSSR count). The number of urea groups is 1. The van der Waals surface area contributed by atoms with Crippen LogP contribution in [0, 0.1) is 0 Å². The van der Waals surface area contributed by atoms with Crippen molar-refractivity contribution in [3.63, 3.8) is 0 Å². The van der Waals surface area contributed by atoms with E-state index in [1.165, 1.54) is 5.56 Å². The minimum atomic E-state index is -0.126. The molecular weight excluding hydrogens is 240 g/mol. The summed E-state index contributed by atoms with van der Waals surface area (Å²) >= 11 is 0. The van der Waals surface area contributed by atoms with E-state index >= 15 is 0 Å². The Labute approximate surface area is 112 Å². The lowest BCUT2D eigenvalue weighted by Crippen LogP contribution is -2.37. The number of benzene rings is 1. The molecule has 0 spiro atoms. The second-order valence-electron chi connectivity index (χ2n) is 4.30. The maximum Gasteiger partial charge on any atom is 0.314 e. The Morgan fingerprint density at radius 2 is 1.63 bits per heavy atom. The Morgan fingerprint density at radius 3 is 2.26 bits per heavy atom. The molecule has 2 N–H and O–H groups in total. The van der Waals surface area contributed by atoms with Gasteiger partial charge in [0, 0.05) is 13.1 Å². The summed E-state index contributed by atoms with van der Waals surface area (Å²) in [5.74, 6) is 0. The number of nitrogens with one attached hydrogen (secondary N) is 2. The van der Waals surface area contributed by atoms with E-state index in [9.17, 15) is 4.79 Å². The van der Waals surface area contributed by atoms with Gasteiger partial charge in [0.15, 0.2) is 0 Å². The maximum atomic E-state index is 11.5. The third-order valence-electron chi connectivity index (χ3n) is 2.82. The van der Waals surface area contributed by atoms with E-state index in [0.29, 0.717) is 13.1 Å². The number of hydrogen-bond acceptors (Lipinski definition) is 2. The summed E-state index contributed by atoms with van der Waals surface area (Å²) in [5, 5.41) is 5.65. The molecule has 2 aromatic rings. The molecule has 1 heterocycles. The van der Waals surface area contributed by atoms with Crippen LogP contribution in [0.5, 0.6) is 0 Å². The van der Waals surface area contributed by atoms with Gasteiger partial charge in [-0.3, -0.25) is 0 Å². The quantitative estimate of drug-likeness (QED) is 0.835. The van der Waals surface area contributed by atoms with Gasteiger partial charge in [0.2, 0.25) is 0 Å². The van der Waals surface area contributed by atoms with Crippen molar-refractivity contribution >= 4 is 6.03 Å². The summed E-state index contributed by atoms with van der Waals surface area (Å²) in [6, 6.07) is 11.9. The average Bonchev–Trinajstić information content (AvgIpc) is 2.93. The lowest BCUT2D eigenvalue weighted by atomic mass is 10.1. The lowest BCUT2D eigenvalue weighted by Gasteiger charge is -2.07. The van der Waals surface area contributed by atoms with Gasteiger partial charge in [-0.25, -0.2) is 4.79 Å². The molecule has 4 heteroatoms. The van der Waals surface area contributed by atoms with Crippen LogP contribution in [0.4, 0.5) is 4.79 Å². The van der Waals surface area contributed by atoms with Crippen LogP contribution >= 0.6 is 0 Å². The highest BCUT2D eigenvalue weighted by atomic mass is 16.3. The summed E-state index contributed by atoms with van der Waals surface area (Å²) in [6.45, 7) is 1.25. The molecule has 0 atom stereocenters. The zero-order chi connectivity index (χ0) is 13.3. The number of carbonyl (C=O) groups is 1. The highest BCUT2D eigenvalue weighted by molar-refractivity contribution is 5.73. The molecule has 2 amide bonds. The zero-order valence-electron chi connectivity index (χ0n) is 10.8. The van der Waals surface area contributed by atoms with E-state index in [-0.39, 0.29) is 6.03 Å². The fraction of sp³-hybridized carbons (Fsp3) is 0.267. The minimum absolute atomic E-state index is 0.126. The molecule has 1 aromatic carbocycles. The SMILES string of the molecule is O=C(NCCc1ccccc1)NCCc1ccoc1. The van der Waals surface area contributed by atoms with Gasteiger partial charge < -0.3 is 15.1 Å². The summed E-state index contributed by atoms with van der Waals surface area (Å²) in [7, 11) is 0. The van der Waals surface area contributed by atoms with Crippen molar-refractivity contribution in [2.24, 2.45) is 0 Å². The molecule has 100 valence electrons. The summed E-state index contributed by atoms with van der Waals surface area (Å²) in [5.41, 5.74) is 2.31. The van der Waals surface area contributed by atoms with E-state index in [1.54, 1.807) is 12.5 Å². The average molecular weight is 258 g/mol. The van der Waals surface area contributed by atoms with Gasteiger partial charge in [0.1, 0.15) is 0 Å². The molecule has 4 nitrogen and oxygen atoms in total. The Morgan fingerprint density at radius 1 is 0.947 bits per heavy atom. The van der Waals surface area contributed by atoms with Gasteiger partial charge in [-0.2, -0.15) is 0 Å². The van der Waals surface area contributed by atoms with Crippen LogP contribution in [-0.2, 0) is 12.8 Å². The van der Waals surface area contributed by atoms with Gasteiger partial charge in [-0.05, 0) is 30.0 Å². The fourth-order valence-electron chi connectivity index (χ4n) is 1.78. The first-order valence-corrected chi connectivity index (χ1v) is 6.41. The predicted octanol–water partition coefficient (Wildman–Crippen LogP) is 2.36. The second kappa shape index (κ2) is 7.26. The molecule has 0 saturated heterocycles. The highest BCUT2D eigenvalue weighted by Gasteiger charge is 2.00. The number of amides is 2. The van der Waals surface area contributed by atoms with Crippen LogP contribution in [0.1, 0.15) is 11.1 Å². The monoisotopic (exact) mass is 258 g/mol. The minimum Gasteiger partial charge on any atom is -0.472 e. The lowest BCUT2D eigenvalue weighted by molar-refractivity contribution is 0.241. The van der Waals surface area contributed by atoms with E-state index in [0.717, 1.165) is 18.4 Å². The van der Waals surface area contributed by atoms with E-state index in [1.807, 2.05) is 24.3 Å². The van der Waals surface area contributed by atoms with E-state index in [4.69, 9.17) is 4.42 Å². The number of rotatable bonds is 6. The fourth-order valence-corrected chi connectivity index (χ4v) is 1.78. The molecule has 0 radical (unpaired) electrons. The number of hydrogen-bond donors (Lipinski definition) is 2. The Hall–Kier alpha value is -2.23.